The minimum Gasteiger partial charge on any atom is -0.195 e. The van der Waals surface area contributed by atoms with Crippen molar-refractivity contribution in [1.82, 2.24) is 0 Å². The summed E-state index contributed by atoms with van der Waals surface area (Å²) in [5, 5.41) is 8.15. The van der Waals surface area contributed by atoms with Gasteiger partial charge in [0.05, 0.1) is 6.07 Å². The molecule has 8 heavy (non-hydrogen) atoms. The highest BCUT2D eigenvalue weighted by Gasteiger charge is 2.07. The van der Waals surface area contributed by atoms with E-state index >= 15 is 0 Å². The molecule has 44 valence electrons. The Hall–Kier alpha value is -0.450. The van der Waals surface area contributed by atoms with Gasteiger partial charge >= 0.3 is 8.69 Å². The summed E-state index contributed by atoms with van der Waals surface area (Å²) >= 11 is 0. The minimum absolute atomic E-state index is 0.495. The molecule has 2 unspecified atom stereocenters. The number of nitrogens with zero attached hydrogens (tertiary/aromatic N) is 1. The van der Waals surface area contributed by atoms with E-state index in [4.69, 9.17) is 5.26 Å². The van der Waals surface area contributed by atoms with Gasteiger partial charge in [0, 0.05) is 0 Å². The fourth-order valence-electron chi connectivity index (χ4n) is 0.259. The van der Waals surface area contributed by atoms with Crippen LogP contribution in [-0.4, -0.2) is 6.10 Å². The van der Waals surface area contributed by atoms with E-state index in [0.29, 0.717) is 6.42 Å². The number of rotatable bonds is 3. The first-order valence-corrected chi connectivity index (χ1v) is 3.09. The van der Waals surface area contributed by atoms with Gasteiger partial charge in [-0.15, -0.1) is 4.52 Å². The molecule has 0 N–H and O–H groups in total. The lowest BCUT2D eigenvalue weighted by molar-refractivity contribution is 0.276. The maximum atomic E-state index is 9.71. The molecular weight excluding hydrogens is 125 g/mol. The Kier molecular flexibility index (Phi) is 4.44. The van der Waals surface area contributed by atoms with Gasteiger partial charge in [0.25, 0.3) is 0 Å². The molecule has 4 heteroatoms. The number of hydrogen-bond donors (Lipinski definition) is 0. The van der Waals surface area contributed by atoms with E-state index in [2.05, 4.69) is 4.52 Å². The van der Waals surface area contributed by atoms with Gasteiger partial charge in [-0.3, -0.25) is 0 Å². The van der Waals surface area contributed by atoms with Gasteiger partial charge in [-0.05, 0) is 11.0 Å². The Morgan fingerprint density at radius 3 is 2.75 bits per heavy atom. The molecule has 0 saturated heterocycles. The summed E-state index contributed by atoms with van der Waals surface area (Å²) in [5.41, 5.74) is 0. The summed E-state index contributed by atoms with van der Waals surface area (Å²) in [7, 11) is -0.821. The molecule has 0 saturated carbocycles. The van der Waals surface area contributed by atoms with Crippen LogP contribution in [0.4, 0.5) is 0 Å². The van der Waals surface area contributed by atoms with Crippen LogP contribution in [-0.2, 0) is 9.09 Å². The van der Waals surface area contributed by atoms with Crippen molar-refractivity contribution in [3.8, 4) is 6.07 Å². The van der Waals surface area contributed by atoms with Crippen molar-refractivity contribution in [2.45, 2.75) is 19.4 Å². The van der Waals surface area contributed by atoms with Crippen LogP contribution in [0.2, 0.25) is 0 Å². The maximum Gasteiger partial charge on any atom is 0.495 e. The van der Waals surface area contributed by atoms with Gasteiger partial charge in [-0.1, -0.05) is 6.92 Å². The summed E-state index contributed by atoms with van der Waals surface area (Å²) < 4.78 is 14.2. The van der Waals surface area contributed by atoms with Crippen molar-refractivity contribution in [3.05, 3.63) is 0 Å². The Labute approximate surface area is 49.5 Å². The largest absolute Gasteiger partial charge is 0.495 e. The lowest BCUT2D eigenvalue weighted by atomic mass is 10.3. The zero-order valence-corrected chi connectivity index (χ0v) is 5.55. The second-order valence-corrected chi connectivity index (χ2v) is 1.63. The van der Waals surface area contributed by atoms with E-state index < -0.39 is 14.8 Å². The van der Waals surface area contributed by atoms with Crippen LogP contribution in [0.5, 0.6) is 0 Å². The van der Waals surface area contributed by atoms with Gasteiger partial charge < -0.3 is 0 Å². The Bertz CT molecular complexity index is 109. The Morgan fingerprint density at radius 1 is 2.00 bits per heavy atom. The molecule has 0 radical (unpaired) electrons. The quantitative estimate of drug-likeness (QED) is 0.543. The molecule has 0 aliphatic rings. The van der Waals surface area contributed by atoms with Crippen molar-refractivity contribution in [2.75, 3.05) is 0 Å². The summed E-state index contributed by atoms with van der Waals surface area (Å²) in [4.78, 5) is 0. The van der Waals surface area contributed by atoms with Crippen LogP contribution < -0.4 is 0 Å². The standard InChI is InChI=1S/C4H7NO2P/c1-2-4(3-5)7-8-6/h4,8H,2H2,1H3/q+1. The van der Waals surface area contributed by atoms with E-state index in [9.17, 15) is 4.57 Å². The zero-order chi connectivity index (χ0) is 6.41. The van der Waals surface area contributed by atoms with Crippen LogP contribution >= 0.6 is 8.69 Å². The molecule has 0 aliphatic heterocycles. The van der Waals surface area contributed by atoms with Crippen molar-refractivity contribution in [1.29, 1.82) is 5.26 Å². The lowest BCUT2D eigenvalue weighted by Crippen LogP contribution is -2.00. The molecule has 0 fully saturated rings. The molecule has 0 spiro atoms. The first-order valence-electron chi connectivity index (χ1n) is 2.27. The number of nitriles is 1. The van der Waals surface area contributed by atoms with Gasteiger partial charge in [-0.2, -0.15) is 5.26 Å². The first-order chi connectivity index (χ1) is 3.85. The number of hydrogen-bond acceptors (Lipinski definition) is 3. The van der Waals surface area contributed by atoms with Crippen molar-refractivity contribution < 1.29 is 9.09 Å². The summed E-state index contributed by atoms with van der Waals surface area (Å²) in [6.07, 6.45) is 0.0944. The first kappa shape index (κ1) is 7.55. The Morgan fingerprint density at radius 2 is 2.62 bits per heavy atom. The molecule has 2 atom stereocenters. The Balaban J connectivity index is 3.40. The molecule has 0 amide bonds. The van der Waals surface area contributed by atoms with Gasteiger partial charge in [0.1, 0.15) is 0 Å². The van der Waals surface area contributed by atoms with E-state index in [0.717, 1.165) is 0 Å². The van der Waals surface area contributed by atoms with Gasteiger partial charge in [-0.25, -0.2) is 0 Å². The average molecular weight is 132 g/mol. The van der Waals surface area contributed by atoms with Crippen LogP contribution in [0.3, 0.4) is 0 Å². The summed E-state index contributed by atoms with van der Waals surface area (Å²) in [5.74, 6) is 0. The van der Waals surface area contributed by atoms with Crippen molar-refractivity contribution >= 4 is 8.69 Å². The minimum atomic E-state index is -0.821. The summed E-state index contributed by atoms with van der Waals surface area (Å²) in [6, 6.07) is 1.84. The molecule has 3 nitrogen and oxygen atoms in total. The monoisotopic (exact) mass is 132 g/mol. The molecule has 0 aliphatic carbocycles. The SMILES string of the molecule is CCC(C#N)O[PH+]=O. The molecular formula is C4H7NO2P+. The van der Waals surface area contributed by atoms with Crippen LogP contribution in [0.1, 0.15) is 13.3 Å². The third kappa shape index (κ3) is 2.68. The van der Waals surface area contributed by atoms with E-state index in [1.165, 1.54) is 0 Å². The van der Waals surface area contributed by atoms with Crippen LogP contribution in [0.15, 0.2) is 0 Å². The topological polar surface area (TPSA) is 50.1 Å². The highest BCUT2D eigenvalue weighted by Crippen LogP contribution is 2.04. The predicted molar refractivity (Wildman–Crippen MR) is 29.8 cm³/mol. The second-order valence-electron chi connectivity index (χ2n) is 1.23. The van der Waals surface area contributed by atoms with Gasteiger partial charge in [0.15, 0.2) is 6.10 Å². The predicted octanol–water partition coefficient (Wildman–Crippen LogP) is 1.24. The molecule has 0 aromatic carbocycles. The normalized spacial score (nSPS) is 13.0. The lowest BCUT2D eigenvalue weighted by Gasteiger charge is -1.89. The second kappa shape index (κ2) is 4.70. The third-order valence-corrected chi connectivity index (χ3v) is 1.09. The molecule has 0 bridgehead atoms. The molecule has 0 aromatic heterocycles. The van der Waals surface area contributed by atoms with Crippen molar-refractivity contribution in [2.24, 2.45) is 0 Å². The highest BCUT2D eigenvalue weighted by atomic mass is 31.1. The smallest absolute Gasteiger partial charge is 0.195 e. The fraction of sp³-hybridized carbons (Fsp3) is 0.750. The molecule has 0 heterocycles. The third-order valence-electron chi connectivity index (χ3n) is 0.705. The van der Waals surface area contributed by atoms with Crippen LogP contribution in [0.25, 0.3) is 0 Å². The van der Waals surface area contributed by atoms with E-state index in [1.54, 1.807) is 6.92 Å². The van der Waals surface area contributed by atoms with Crippen molar-refractivity contribution in [3.63, 3.8) is 0 Å². The highest BCUT2D eigenvalue weighted by molar-refractivity contribution is 7.17. The summed E-state index contributed by atoms with van der Waals surface area (Å²) in [6.45, 7) is 1.80. The average Bonchev–Trinajstić information content (AvgIpc) is 1.83. The maximum absolute atomic E-state index is 9.71. The van der Waals surface area contributed by atoms with E-state index in [-0.39, 0.29) is 0 Å². The van der Waals surface area contributed by atoms with Crippen LogP contribution in [0, 0.1) is 11.3 Å². The fourth-order valence-corrected chi connectivity index (χ4v) is 0.595. The molecule has 0 rings (SSSR count). The molecule has 0 aromatic rings. The van der Waals surface area contributed by atoms with Gasteiger partial charge in [0.2, 0.25) is 0 Å². The zero-order valence-electron chi connectivity index (χ0n) is 4.55. The van der Waals surface area contributed by atoms with E-state index in [1.807, 2.05) is 6.07 Å².